The van der Waals surface area contributed by atoms with Gasteiger partial charge in [-0.2, -0.15) is 13.2 Å². The quantitative estimate of drug-likeness (QED) is 0.218. The number of carboxylic acid groups (broad SMARTS) is 1. The summed E-state index contributed by atoms with van der Waals surface area (Å²) in [5, 5.41) is 9.60. The van der Waals surface area contributed by atoms with Gasteiger partial charge in [0, 0.05) is 10.9 Å². The number of alkyl halides is 3. The standard InChI is InChI=1S/C30H28F3NO3/c1-2-3-4-5-6-17-37-24-14-11-21(12-15-24)20-7-9-22(10-8-20)28-19-26(29(35)36)25-18-23(30(31,32)33)13-16-27(25)34-28/h7-16,18-19H,2-6,17H2,1H3,(H,35,36). The lowest BCUT2D eigenvalue weighted by atomic mass is 10.00. The predicted octanol–water partition coefficient (Wildman–Crippen LogP) is 8.64. The SMILES string of the molecule is CCCCCCCOc1ccc(-c2ccc(-c3cc(C(=O)O)c4cc(C(F)(F)F)ccc4n3)cc2)cc1. The molecular weight excluding hydrogens is 479 g/mol. The van der Waals surface area contributed by atoms with Crippen LogP contribution in [0.4, 0.5) is 13.2 Å². The second-order valence-electron chi connectivity index (χ2n) is 8.95. The van der Waals surface area contributed by atoms with Gasteiger partial charge in [0.05, 0.1) is 28.9 Å². The van der Waals surface area contributed by atoms with Crippen LogP contribution in [0.25, 0.3) is 33.3 Å². The number of rotatable bonds is 10. The van der Waals surface area contributed by atoms with Gasteiger partial charge < -0.3 is 9.84 Å². The molecule has 0 atom stereocenters. The molecule has 192 valence electrons. The monoisotopic (exact) mass is 507 g/mol. The van der Waals surface area contributed by atoms with Crippen molar-refractivity contribution in [2.45, 2.75) is 45.2 Å². The highest BCUT2D eigenvalue weighted by molar-refractivity contribution is 6.04. The van der Waals surface area contributed by atoms with E-state index in [0.717, 1.165) is 35.4 Å². The lowest BCUT2D eigenvalue weighted by Gasteiger charge is -2.11. The fourth-order valence-corrected chi connectivity index (χ4v) is 4.20. The van der Waals surface area contributed by atoms with Crippen molar-refractivity contribution in [2.24, 2.45) is 0 Å². The Morgan fingerprint density at radius 3 is 2.08 bits per heavy atom. The maximum atomic E-state index is 13.1. The van der Waals surface area contributed by atoms with Gasteiger partial charge in [0.1, 0.15) is 5.75 Å². The third-order valence-electron chi connectivity index (χ3n) is 6.25. The van der Waals surface area contributed by atoms with E-state index in [2.05, 4.69) is 11.9 Å². The van der Waals surface area contributed by atoms with Crippen LogP contribution < -0.4 is 4.74 Å². The molecule has 0 aliphatic rings. The van der Waals surface area contributed by atoms with E-state index in [0.29, 0.717) is 17.9 Å². The Labute approximate surface area is 213 Å². The van der Waals surface area contributed by atoms with Gasteiger partial charge in [0.25, 0.3) is 0 Å². The Morgan fingerprint density at radius 1 is 0.838 bits per heavy atom. The predicted molar refractivity (Wildman–Crippen MR) is 139 cm³/mol. The van der Waals surface area contributed by atoms with Crippen molar-refractivity contribution in [3.63, 3.8) is 0 Å². The lowest BCUT2D eigenvalue weighted by molar-refractivity contribution is -0.137. The molecule has 1 heterocycles. The van der Waals surface area contributed by atoms with Crippen LogP contribution in [0.5, 0.6) is 5.75 Å². The van der Waals surface area contributed by atoms with Crippen LogP contribution in [-0.4, -0.2) is 22.7 Å². The van der Waals surface area contributed by atoms with Crippen LogP contribution in [0.1, 0.15) is 54.9 Å². The topological polar surface area (TPSA) is 59.4 Å². The van der Waals surface area contributed by atoms with Gasteiger partial charge in [-0.05, 0) is 53.9 Å². The van der Waals surface area contributed by atoms with Gasteiger partial charge in [-0.1, -0.05) is 69.0 Å². The van der Waals surface area contributed by atoms with E-state index in [4.69, 9.17) is 4.74 Å². The smallest absolute Gasteiger partial charge is 0.416 e. The lowest BCUT2D eigenvalue weighted by Crippen LogP contribution is -2.06. The number of carbonyl (C=O) groups is 1. The fraction of sp³-hybridized carbons (Fsp3) is 0.267. The van der Waals surface area contributed by atoms with Gasteiger partial charge in [-0.25, -0.2) is 9.78 Å². The zero-order valence-electron chi connectivity index (χ0n) is 20.5. The molecule has 1 N–H and O–H groups in total. The number of nitrogens with zero attached hydrogens (tertiary/aromatic N) is 1. The van der Waals surface area contributed by atoms with E-state index < -0.39 is 17.7 Å². The van der Waals surface area contributed by atoms with Gasteiger partial charge in [-0.15, -0.1) is 0 Å². The maximum absolute atomic E-state index is 13.1. The van der Waals surface area contributed by atoms with E-state index in [-0.39, 0.29) is 16.5 Å². The first-order valence-electron chi connectivity index (χ1n) is 12.3. The number of ether oxygens (including phenoxy) is 1. The van der Waals surface area contributed by atoms with Gasteiger partial charge in [0.15, 0.2) is 0 Å². The van der Waals surface area contributed by atoms with Crippen molar-refractivity contribution in [3.8, 4) is 28.1 Å². The normalized spacial score (nSPS) is 11.6. The number of benzene rings is 3. The largest absolute Gasteiger partial charge is 0.494 e. The summed E-state index contributed by atoms with van der Waals surface area (Å²) >= 11 is 0. The summed E-state index contributed by atoms with van der Waals surface area (Å²) in [6.45, 7) is 2.89. The molecule has 0 spiro atoms. The van der Waals surface area contributed by atoms with E-state index in [1.54, 1.807) is 0 Å². The summed E-state index contributed by atoms with van der Waals surface area (Å²) in [4.78, 5) is 16.3. The molecule has 4 rings (SSSR count). The molecule has 4 nitrogen and oxygen atoms in total. The molecule has 1 aromatic heterocycles. The number of halogens is 3. The summed E-state index contributed by atoms with van der Waals surface area (Å²) in [6, 6.07) is 19.5. The molecule has 4 aromatic rings. The number of fused-ring (bicyclic) bond motifs is 1. The molecule has 0 aliphatic heterocycles. The minimum atomic E-state index is -4.57. The zero-order valence-corrected chi connectivity index (χ0v) is 20.5. The van der Waals surface area contributed by atoms with Crippen molar-refractivity contribution in [3.05, 3.63) is 83.9 Å². The van der Waals surface area contributed by atoms with Crippen molar-refractivity contribution in [2.75, 3.05) is 6.61 Å². The molecular formula is C30H28F3NO3. The molecule has 0 bridgehead atoms. The van der Waals surface area contributed by atoms with E-state index in [1.807, 2.05) is 48.5 Å². The molecule has 0 saturated carbocycles. The van der Waals surface area contributed by atoms with Crippen molar-refractivity contribution in [1.82, 2.24) is 4.98 Å². The summed E-state index contributed by atoms with van der Waals surface area (Å²) in [7, 11) is 0. The van der Waals surface area contributed by atoms with Gasteiger partial charge >= 0.3 is 12.1 Å². The third-order valence-corrected chi connectivity index (χ3v) is 6.25. The Kier molecular flexibility index (Phi) is 8.11. The molecule has 3 aromatic carbocycles. The summed E-state index contributed by atoms with van der Waals surface area (Å²) in [6.07, 6.45) is 1.36. The zero-order chi connectivity index (χ0) is 26.4. The number of aromatic carboxylic acids is 1. The molecule has 0 aliphatic carbocycles. The first-order valence-corrected chi connectivity index (χ1v) is 12.3. The van der Waals surface area contributed by atoms with Crippen molar-refractivity contribution < 1.29 is 27.8 Å². The average Bonchev–Trinajstić information content (AvgIpc) is 2.89. The molecule has 0 unspecified atom stereocenters. The number of aromatic nitrogens is 1. The van der Waals surface area contributed by atoms with Crippen LogP contribution >= 0.6 is 0 Å². The van der Waals surface area contributed by atoms with Gasteiger partial charge in [-0.3, -0.25) is 0 Å². The van der Waals surface area contributed by atoms with Crippen LogP contribution in [0.15, 0.2) is 72.8 Å². The highest BCUT2D eigenvalue weighted by Crippen LogP contribution is 2.34. The van der Waals surface area contributed by atoms with E-state index >= 15 is 0 Å². The van der Waals surface area contributed by atoms with Crippen LogP contribution in [0.2, 0.25) is 0 Å². The van der Waals surface area contributed by atoms with Crippen LogP contribution in [-0.2, 0) is 6.18 Å². The Morgan fingerprint density at radius 2 is 1.46 bits per heavy atom. The number of hydrogen-bond acceptors (Lipinski definition) is 3. The van der Waals surface area contributed by atoms with Crippen molar-refractivity contribution in [1.29, 1.82) is 0 Å². The Balaban J connectivity index is 1.51. The molecule has 0 amide bonds. The Hall–Kier alpha value is -3.87. The van der Waals surface area contributed by atoms with E-state index in [9.17, 15) is 23.1 Å². The molecule has 37 heavy (non-hydrogen) atoms. The highest BCUT2D eigenvalue weighted by Gasteiger charge is 2.31. The summed E-state index contributed by atoms with van der Waals surface area (Å²) in [5.74, 6) is -0.487. The first-order chi connectivity index (χ1) is 17.8. The van der Waals surface area contributed by atoms with Gasteiger partial charge in [0.2, 0.25) is 0 Å². The summed E-state index contributed by atoms with van der Waals surface area (Å²) < 4.78 is 45.2. The minimum absolute atomic E-state index is 0.0500. The number of pyridine rings is 1. The number of hydrogen-bond donors (Lipinski definition) is 1. The molecule has 0 fully saturated rings. The fourth-order valence-electron chi connectivity index (χ4n) is 4.20. The summed E-state index contributed by atoms with van der Waals surface area (Å²) in [5.41, 5.74) is 2.05. The van der Waals surface area contributed by atoms with Crippen LogP contribution in [0, 0.1) is 0 Å². The minimum Gasteiger partial charge on any atom is -0.494 e. The second-order valence-corrected chi connectivity index (χ2v) is 8.95. The molecule has 0 saturated heterocycles. The first kappa shape index (κ1) is 26.2. The van der Waals surface area contributed by atoms with Crippen molar-refractivity contribution >= 4 is 16.9 Å². The van der Waals surface area contributed by atoms with Crippen LogP contribution in [0.3, 0.4) is 0 Å². The Bertz CT molecular complexity index is 1360. The second kappa shape index (κ2) is 11.5. The molecule has 0 radical (unpaired) electrons. The third kappa shape index (κ3) is 6.47. The average molecular weight is 508 g/mol. The number of unbranched alkanes of at least 4 members (excludes halogenated alkanes) is 4. The van der Waals surface area contributed by atoms with E-state index in [1.165, 1.54) is 37.8 Å². The highest BCUT2D eigenvalue weighted by atomic mass is 19.4. The maximum Gasteiger partial charge on any atom is 0.416 e. The molecule has 7 heteroatoms. The number of carboxylic acids is 1.